The third kappa shape index (κ3) is 2.57. The first-order valence-electron chi connectivity index (χ1n) is 2.84. The first kappa shape index (κ1) is 10.5. The van der Waals surface area contributed by atoms with Gasteiger partial charge >= 0.3 is 0 Å². The maximum Gasteiger partial charge on any atom is 0.274 e. The SMILES string of the molecule is C#[N+]c1[c-]nccc1NC.[Y]. The van der Waals surface area contributed by atoms with Crippen LogP contribution >= 0.6 is 0 Å². The summed E-state index contributed by atoms with van der Waals surface area (Å²) in [7, 11) is 1.79. The minimum atomic E-state index is 0. The van der Waals surface area contributed by atoms with E-state index < -0.39 is 0 Å². The molecule has 1 rings (SSSR count). The van der Waals surface area contributed by atoms with E-state index in [1.165, 1.54) is 0 Å². The van der Waals surface area contributed by atoms with Crippen LogP contribution in [0.4, 0.5) is 11.4 Å². The summed E-state index contributed by atoms with van der Waals surface area (Å²) >= 11 is 0. The molecule has 0 fully saturated rings. The van der Waals surface area contributed by atoms with Gasteiger partial charge in [-0.15, -0.1) is 6.07 Å². The number of rotatable bonds is 1. The van der Waals surface area contributed by atoms with E-state index in [1.54, 1.807) is 19.3 Å². The molecule has 1 aromatic heterocycles. The zero-order valence-corrected chi connectivity index (χ0v) is 9.04. The van der Waals surface area contributed by atoms with Crippen molar-refractivity contribution in [3.05, 3.63) is 23.3 Å². The molecule has 0 atom stereocenters. The molecule has 1 N–H and O–H groups in total. The van der Waals surface area contributed by atoms with Gasteiger partial charge in [-0.05, 0) is 7.05 Å². The van der Waals surface area contributed by atoms with Gasteiger partial charge in [-0.25, -0.2) is 0 Å². The van der Waals surface area contributed by atoms with Crippen molar-refractivity contribution < 1.29 is 32.7 Å². The first-order chi connectivity index (χ1) is 4.88. The van der Waals surface area contributed by atoms with Crippen molar-refractivity contribution in [1.29, 1.82) is 0 Å². The number of anilines is 1. The summed E-state index contributed by atoms with van der Waals surface area (Å²) in [6.07, 6.45) is 4.26. The molecule has 0 bridgehead atoms. The summed E-state index contributed by atoms with van der Waals surface area (Å²) in [5.41, 5.74) is 1.38. The van der Waals surface area contributed by atoms with E-state index in [4.69, 9.17) is 6.57 Å². The van der Waals surface area contributed by atoms with Crippen LogP contribution in [-0.4, -0.2) is 12.0 Å². The van der Waals surface area contributed by atoms with Gasteiger partial charge in [0.25, 0.3) is 12.3 Å². The second-order valence-electron chi connectivity index (χ2n) is 1.70. The van der Waals surface area contributed by atoms with E-state index in [-0.39, 0.29) is 32.7 Å². The summed E-state index contributed by atoms with van der Waals surface area (Å²) < 4.78 is 0. The smallest absolute Gasteiger partial charge is 0.274 e. The Morgan fingerprint density at radius 2 is 2.45 bits per heavy atom. The molecule has 0 amide bonds. The quantitative estimate of drug-likeness (QED) is 0.730. The molecule has 0 saturated heterocycles. The van der Waals surface area contributed by atoms with E-state index >= 15 is 0 Å². The molecule has 0 aromatic carbocycles. The normalized spacial score (nSPS) is 7.64. The first-order valence-corrected chi connectivity index (χ1v) is 2.84. The van der Waals surface area contributed by atoms with Gasteiger partial charge in [0.1, 0.15) is 0 Å². The Balaban J connectivity index is 0.000001000. The maximum absolute atomic E-state index is 5.04. The van der Waals surface area contributed by atoms with Crippen molar-refractivity contribution in [3.8, 4) is 6.57 Å². The summed E-state index contributed by atoms with van der Waals surface area (Å²) in [6, 6.07) is 1.78. The van der Waals surface area contributed by atoms with Crippen LogP contribution in [0.5, 0.6) is 0 Å². The molecule has 0 aliphatic rings. The molecular weight excluding hydrogens is 215 g/mol. The molecule has 1 aromatic rings. The van der Waals surface area contributed by atoms with Gasteiger partial charge in [0.2, 0.25) is 0 Å². The van der Waals surface area contributed by atoms with E-state index in [1.807, 2.05) is 0 Å². The minimum absolute atomic E-state index is 0. The van der Waals surface area contributed by atoms with Gasteiger partial charge < -0.3 is 10.3 Å². The maximum atomic E-state index is 5.04. The number of hydrogen-bond acceptors (Lipinski definition) is 2. The van der Waals surface area contributed by atoms with Crippen LogP contribution in [0.1, 0.15) is 0 Å². The Hall–Kier alpha value is -0.456. The van der Waals surface area contributed by atoms with Gasteiger partial charge in [-0.3, -0.25) is 0 Å². The predicted molar refractivity (Wildman–Crippen MR) is 40.6 cm³/mol. The van der Waals surface area contributed by atoms with Crippen molar-refractivity contribution in [3.63, 3.8) is 0 Å². The molecular formula is C7H7N3Y. The molecule has 1 radical (unpaired) electrons. The molecule has 3 nitrogen and oxygen atoms in total. The van der Waals surface area contributed by atoms with Crippen LogP contribution in [0.2, 0.25) is 0 Å². The second-order valence-corrected chi connectivity index (χ2v) is 1.70. The van der Waals surface area contributed by atoms with Crippen molar-refractivity contribution >= 4 is 11.4 Å². The zero-order chi connectivity index (χ0) is 7.40. The number of nitrogens with one attached hydrogen (secondary N) is 1. The zero-order valence-electron chi connectivity index (χ0n) is 6.20. The average molecular weight is 222 g/mol. The van der Waals surface area contributed by atoms with E-state index in [9.17, 15) is 0 Å². The van der Waals surface area contributed by atoms with Crippen LogP contribution in [0.3, 0.4) is 0 Å². The Morgan fingerprint density at radius 1 is 1.73 bits per heavy atom. The van der Waals surface area contributed by atoms with Crippen LogP contribution in [0.15, 0.2) is 12.3 Å². The Bertz CT molecular complexity index is 267. The topological polar surface area (TPSA) is 29.3 Å². The Morgan fingerprint density at radius 3 is 2.91 bits per heavy atom. The molecule has 11 heavy (non-hydrogen) atoms. The molecule has 0 spiro atoms. The van der Waals surface area contributed by atoms with Gasteiger partial charge in [0.05, 0.1) is 0 Å². The molecule has 0 unspecified atom stereocenters. The van der Waals surface area contributed by atoms with Crippen molar-refractivity contribution in [2.75, 3.05) is 12.4 Å². The Labute approximate surface area is 90.9 Å². The van der Waals surface area contributed by atoms with Crippen molar-refractivity contribution in [2.45, 2.75) is 0 Å². The third-order valence-corrected chi connectivity index (χ3v) is 1.14. The van der Waals surface area contributed by atoms with Crippen LogP contribution < -0.4 is 5.32 Å². The summed E-state index contributed by atoms with van der Waals surface area (Å²) in [5.74, 6) is 0. The molecule has 4 heteroatoms. The van der Waals surface area contributed by atoms with Gasteiger partial charge in [-0.2, -0.15) is 0 Å². The van der Waals surface area contributed by atoms with E-state index in [2.05, 4.69) is 21.3 Å². The number of nitrogens with zero attached hydrogens (tertiary/aromatic N) is 2. The largest absolute Gasteiger partial charge is 0.433 e. The fourth-order valence-corrected chi connectivity index (χ4v) is 0.650. The van der Waals surface area contributed by atoms with Crippen LogP contribution in [0, 0.1) is 12.8 Å². The van der Waals surface area contributed by atoms with Gasteiger partial charge in [-0.1, -0.05) is 11.0 Å². The fraction of sp³-hybridized carbons (Fsp3) is 0.143. The summed E-state index contributed by atoms with van der Waals surface area (Å²) in [4.78, 5) is 7.19. The second kappa shape index (κ2) is 5.23. The molecule has 0 aliphatic carbocycles. The van der Waals surface area contributed by atoms with Crippen LogP contribution in [-0.2, 0) is 32.7 Å². The number of hydrogen-bond donors (Lipinski definition) is 1. The van der Waals surface area contributed by atoms with Crippen molar-refractivity contribution in [1.82, 2.24) is 4.98 Å². The Kier molecular flexibility index (Phi) is 5.01. The number of aromatic nitrogens is 1. The molecule has 0 aliphatic heterocycles. The third-order valence-electron chi connectivity index (χ3n) is 1.14. The molecule has 0 saturated carbocycles. The van der Waals surface area contributed by atoms with Gasteiger partial charge in [0.15, 0.2) is 0 Å². The molecule has 53 valence electrons. The van der Waals surface area contributed by atoms with E-state index in [0.717, 1.165) is 5.69 Å². The average Bonchev–Trinajstić information content (AvgIpc) is 2.04. The summed E-state index contributed by atoms with van der Waals surface area (Å²) in [5, 5.41) is 2.90. The summed E-state index contributed by atoms with van der Waals surface area (Å²) in [6.45, 7) is 5.04. The van der Waals surface area contributed by atoms with Crippen LogP contribution in [0.25, 0.3) is 4.85 Å². The molecule has 1 heterocycles. The van der Waals surface area contributed by atoms with E-state index in [0.29, 0.717) is 5.69 Å². The standard InChI is InChI=1S/C7H7N3.Y/c1-8-6-3-4-10-5-7(6)9-2;/h2-4H,1H3,(H,8,10);. The van der Waals surface area contributed by atoms with Gasteiger partial charge in [0, 0.05) is 44.6 Å². The fourth-order valence-electron chi connectivity index (χ4n) is 0.650. The predicted octanol–water partition coefficient (Wildman–Crippen LogP) is 1.52. The monoisotopic (exact) mass is 222 g/mol. The number of pyridine rings is 1. The van der Waals surface area contributed by atoms with Crippen molar-refractivity contribution in [2.24, 2.45) is 0 Å². The minimum Gasteiger partial charge on any atom is -0.433 e.